The fourth-order valence-corrected chi connectivity index (χ4v) is 9.14. The van der Waals surface area contributed by atoms with E-state index < -0.39 is 46.6 Å². The Morgan fingerprint density at radius 3 is 2.30 bits per heavy atom. The molecule has 1 unspecified atom stereocenters. The number of aromatic amines is 1. The van der Waals surface area contributed by atoms with Crippen molar-refractivity contribution in [1.29, 1.82) is 0 Å². The van der Waals surface area contributed by atoms with Gasteiger partial charge in [-0.2, -0.15) is 13.5 Å². The molecule has 324 valence electrons. The van der Waals surface area contributed by atoms with Crippen molar-refractivity contribution in [3.05, 3.63) is 117 Å². The van der Waals surface area contributed by atoms with Crippen LogP contribution in [0, 0.1) is 11.8 Å². The van der Waals surface area contributed by atoms with Crippen LogP contribution in [0.1, 0.15) is 71.3 Å². The topological polar surface area (TPSA) is 164 Å². The zero-order valence-electron chi connectivity index (χ0n) is 32.9. The summed E-state index contributed by atoms with van der Waals surface area (Å²) >= 11 is 12.9. The maximum Gasteiger partial charge on any atom is 0.387 e. The molecule has 4 aromatic rings. The molecule has 3 atom stereocenters. The number of esters is 2. The Labute approximate surface area is 362 Å². The first kappa shape index (κ1) is 44.2. The zero-order chi connectivity index (χ0) is 43.1. The SMILES string of the molecule is O=C(CCNC(=O)c1cccc(S(=O)(=O)NC(C(=O)O[C@H]2CN3CCC2CC3)c2ccccc2)c1)O[C@@H](Cc1c(Cl)c[nH+]cc1Cl)c1ccc(OC(F)F)c(OCC2CC2)c1. The summed E-state index contributed by atoms with van der Waals surface area (Å²) in [5, 5.41) is 3.15. The van der Waals surface area contributed by atoms with E-state index in [9.17, 15) is 31.6 Å². The molecule has 1 aliphatic carbocycles. The average molecular weight is 903 g/mol. The van der Waals surface area contributed by atoms with Crippen LogP contribution >= 0.6 is 23.2 Å². The summed E-state index contributed by atoms with van der Waals surface area (Å²) in [6.45, 7) is -0.505. The number of piperidine rings is 3. The van der Waals surface area contributed by atoms with Gasteiger partial charge in [-0.1, -0.05) is 65.7 Å². The van der Waals surface area contributed by atoms with Gasteiger partial charge in [0.1, 0.15) is 28.3 Å². The number of amides is 1. The molecule has 8 rings (SSSR count). The number of benzene rings is 3. The van der Waals surface area contributed by atoms with Gasteiger partial charge in [0.25, 0.3) is 5.91 Å². The highest BCUT2D eigenvalue weighted by molar-refractivity contribution is 7.89. The molecule has 1 amide bonds. The lowest BCUT2D eigenvalue weighted by molar-refractivity contribution is -0.377. The maximum absolute atomic E-state index is 13.8. The van der Waals surface area contributed by atoms with Gasteiger partial charge in [0.05, 0.1) is 17.9 Å². The molecular formula is C43H45Cl2F2N4O9S+. The number of ether oxygens (including phenoxy) is 4. The molecule has 0 radical (unpaired) electrons. The number of halogens is 4. The molecular weight excluding hydrogens is 857 g/mol. The summed E-state index contributed by atoms with van der Waals surface area (Å²) in [4.78, 5) is 45.0. The molecule has 0 spiro atoms. The average Bonchev–Trinajstić information content (AvgIpc) is 4.09. The third-order valence-corrected chi connectivity index (χ3v) is 13.0. The molecule has 4 aliphatic rings. The molecule has 3 aromatic carbocycles. The number of hydrogen-bond acceptors (Lipinski definition) is 10. The molecule has 13 nitrogen and oxygen atoms in total. The van der Waals surface area contributed by atoms with E-state index in [1.165, 1.54) is 54.9 Å². The number of rotatable bonds is 19. The summed E-state index contributed by atoms with van der Waals surface area (Å²) in [6.07, 6.45) is 5.07. The molecule has 3 saturated heterocycles. The van der Waals surface area contributed by atoms with Gasteiger partial charge in [0.2, 0.25) is 10.0 Å². The highest BCUT2D eigenvalue weighted by atomic mass is 35.5. The van der Waals surface area contributed by atoms with Gasteiger partial charge in [0, 0.05) is 30.6 Å². The van der Waals surface area contributed by atoms with Gasteiger partial charge in [0.15, 0.2) is 23.9 Å². The van der Waals surface area contributed by atoms with Gasteiger partial charge in [-0.15, -0.1) is 0 Å². The molecule has 4 fully saturated rings. The molecule has 2 bridgehead atoms. The number of carbonyl (C=O) groups excluding carboxylic acids is 3. The van der Waals surface area contributed by atoms with Crippen molar-refractivity contribution in [2.45, 2.75) is 68.3 Å². The van der Waals surface area contributed by atoms with E-state index in [-0.39, 0.29) is 63.4 Å². The van der Waals surface area contributed by atoms with Gasteiger partial charge in [-0.05, 0) is 92.1 Å². The molecule has 61 heavy (non-hydrogen) atoms. The van der Waals surface area contributed by atoms with Crippen molar-refractivity contribution in [2.75, 3.05) is 32.8 Å². The summed E-state index contributed by atoms with van der Waals surface area (Å²) in [5.74, 6) is -1.73. The van der Waals surface area contributed by atoms with E-state index in [1.807, 2.05) is 0 Å². The maximum atomic E-state index is 13.8. The predicted octanol–water partition coefficient (Wildman–Crippen LogP) is 6.50. The predicted molar refractivity (Wildman–Crippen MR) is 219 cm³/mol. The van der Waals surface area contributed by atoms with Gasteiger partial charge in [-0.3, -0.25) is 14.5 Å². The lowest BCUT2D eigenvalue weighted by atomic mass is 9.86. The Balaban J connectivity index is 1.01. The van der Waals surface area contributed by atoms with Crippen LogP contribution < -0.4 is 24.5 Å². The fourth-order valence-electron chi connectivity index (χ4n) is 7.39. The largest absolute Gasteiger partial charge is 0.489 e. The van der Waals surface area contributed by atoms with Crippen LogP contribution in [0.15, 0.2) is 90.1 Å². The minimum absolute atomic E-state index is 0.000577. The highest BCUT2D eigenvalue weighted by Crippen LogP contribution is 2.38. The van der Waals surface area contributed by atoms with Crippen molar-refractivity contribution in [3.63, 3.8) is 0 Å². The Hall–Kier alpha value is -4.87. The molecule has 3 aliphatic heterocycles. The van der Waals surface area contributed by atoms with E-state index in [1.54, 1.807) is 30.3 Å². The van der Waals surface area contributed by atoms with Crippen LogP contribution in [0.2, 0.25) is 10.0 Å². The van der Waals surface area contributed by atoms with E-state index in [0.717, 1.165) is 38.8 Å². The lowest BCUT2D eigenvalue weighted by Crippen LogP contribution is -2.52. The van der Waals surface area contributed by atoms with Crippen molar-refractivity contribution in [2.24, 2.45) is 11.8 Å². The third kappa shape index (κ3) is 11.7. The van der Waals surface area contributed by atoms with Crippen LogP contribution in [0.5, 0.6) is 11.5 Å². The first-order valence-electron chi connectivity index (χ1n) is 20.0. The molecule has 4 heterocycles. The minimum Gasteiger partial charge on any atom is -0.489 e. The lowest BCUT2D eigenvalue weighted by Gasteiger charge is -2.44. The van der Waals surface area contributed by atoms with Crippen molar-refractivity contribution < 1.29 is 55.5 Å². The fraction of sp³-hybridized carbons (Fsp3) is 0.395. The standard InChI is InChI=1S/C43H44Cl2F2N4O9S/c44-33-22-48-23-34(45)32(33)21-36(29-11-12-35(60-43(46)47)37(20-29)57-25-26-9-10-26)58-39(52)13-16-49-41(53)30-7-4-8-31(19-30)61(55,56)50-40(28-5-2-1-3-6-28)42(54)59-38-24-51-17-14-27(38)15-18-51/h1-8,11-12,19-20,22-23,26-27,36,38,40,43,50H,9-10,13-18,21,24-25H2,(H,49,53)/p+1/t36-,38-,40?/m0/s1. The van der Waals surface area contributed by atoms with Crippen LogP contribution in [0.25, 0.3) is 0 Å². The van der Waals surface area contributed by atoms with Crippen molar-refractivity contribution in [3.8, 4) is 11.5 Å². The van der Waals surface area contributed by atoms with Crippen LogP contribution in [0.3, 0.4) is 0 Å². The summed E-state index contributed by atoms with van der Waals surface area (Å²) in [7, 11) is -4.37. The number of sulfonamides is 1. The summed E-state index contributed by atoms with van der Waals surface area (Å²) in [5.41, 5.74) is 1.22. The van der Waals surface area contributed by atoms with E-state index in [4.69, 9.17) is 37.4 Å². The van der Waals surface area contributed by atoms with Crippen molar-refractivity contribution >= 4 is 51.1 Å². The smallest absolute Gasteiger partial charge is 0.387 e. The number of nitrogens with zero attached hydrogens (tertiary/aromatic N) is 1. The Morgan fingerprint density at radius 1 is 0.885 bits per heavy atom. The Morgan fingerprint density at radius 2 is 1.62 bits per heavy atom. The Bertz CT molecular complexity index is 2300. The number of alkyl halides is 2. The monoisotopic (exact) mass is 901 g/mol. The number of fused-ring (bicyclic) bond motifs is 3. The number of hydrogen-bond donors (Lipinski definition) is 2. The first-order chi connectivity index (χ1) is 29.3. The molecule has 1 saturated carbocycles. The summed E-state index contributed by atoms with van der Waals surface area (Å²) in [6, 6.07) is 16.6. The quantitative estimate of drug-likeness (QED) is 0.0994. The van der Waals surface area contributed by atoms with Gasteiger partial charge >= 0.3 is 18.6 Å². The van der Waals surface area contributed by atoms with E-state index in [2.05, 4.69) is 24.7 Å². The highest BCUT2D eigenvalue weighted by Gasteiger charge is 2.39. The van der Waals surface area contributed by atoms with Crippen LogP contribution in [-0.2, 0) is 35.5 Å². The second-order valence-corrected chi connectivity index (χ2v) is 17.8. The number of nitrogens with one attached hydrogen (secondary N) is 3. The van der Waals surface area contributed by atoms with Gasteiger partial charge in [-0.25, -0.2) is 18.2 Å². The number of aromatic nitrogens is 1. The zero-order valence-corrected chi connectivity index (χ0v) is 35.2. The normalized spacial score (nSPS) is 19.5. The first-order valence-corrected chi connectivity index (χ1v) is 22.2. The third-order valence-electron chi connectivity index (χ3n) is 10.9. The summed E-state index contributed by atoms with van der Waals surface area (Å²) < 4.78 is 78.8. The van der Waals surface area contributed by atoms with Crippen LogP contribution in [0.4, 0.5) is 8.78 Å². The minimum atomic E-state index is -4.37. The second-order valence-electron chi connectivity index (χ2n) is 15.3. The van der Waals surface area contributed by atoms with Crippen LogP contribution in [-0.4, -0.2) is 76.7 Å². The van der Waals surface area contributed by atoms with Crippen molar-refractivity contribution in [1.82, 2.24) is 14.9 Å². The second kappa shape index (κ2) is 19.9. The molecule has 3 N–H and O–H groups in total. The number of pyridine rings is 1. The molecule has 18 heteroatoms. The van der Waals surface area contributed by atoms with E-state index >= 15 is 0 Å². The van der Waals surface area contributed by atoms with E-state index in [0.29, 0.717) is 35.8 Å². The van der Waals surface area contributed by atoms with Gasteiger partial charge < -0.3 is 24.3 Å². The Kier molecular flexibility index (Phi) is 14.4. The molecule has 1 aromatic heterocycles. The number of carbonyl (C=O) groups is 3. The number of H-pyrrole nitrogens is 1.